The van der Waals surface area contributed by atoms with Crippen molar-refractivity contribution in [2.75, 3.05) is 6.54 Å². The fraction of sp³-hybridized carbons (Fsp3) is 1.00. The molecule has 0 N–H and O–H groups in total. The van der Waals surface area contributed by atoms with Crippen molar-refractivity contribution in [2.24, 2.45) is 11.3 Å². The third-order valence-corrected chi connectivity index (χ3v) is 5.61. The van der Waals surface area contributed by atoms with E-state index in [2.05, 4.69) is 18.7 Å². The molecule has 3 atom stereocenters. The minimum absolute atomic E-state index is 0.785. The van der Waals surface area contributed by atoms with Crippen LogP contribution in [-0.4, -0.2) is 23.5 Å². The van der Waals surface area contributed by atoms with Crippen LogP contribution in [0.3, 0.4) is 0 Å². The lowest BCUT2D eigenvalue weighted by atomic mass is 9.63. The maximum atomic E-state index is 2.87. The lowest BCUT2D eigenvalue weighted by molar-refractivity contribution is -0.0145. The monoisotopic (exact) mass is 207 g/mol. The fourth-order valence-electron chi connectivity index (χ4n) is 4.45. The first-order valence-electron chi connectivity index (χ1n) is 7.00. The van der Waals surface area contributed by atoms with Gasteiger partial charge in [0.25, 0.3) is 0 Å². The number of fused-ring (bicyclic) bond motifs is 1. The summed E-state index contributed by atoms with van der Waals surface area (Å²) in [5, 5.41) is 0. The zero-order chi connectivity index (χ0) is 10.5. The quantitative estimate of drug-likeness (QED) is 0.636. The van der Waals surface area contributed by atoms with Crippen molar-refractivity contribution in [2.45, 2.75) is 70.9 Å². The molecule has 15 heavy (non-hydrogen) atoms. The van der Waals surface area contributed by atoms with Gasteiger partial charge in [-0.15, -0.1) is 0 Å². The van der Waals surface area contributed by atoms with E-state index >= 15 is 0 Å². The number of hydrogen-bond donors (Lipinski definition) is 0. The van der Waals surface area contributed by atoms with Crippen LogP contribution in [-0.2, 0) is 0 Å². The van der Waals surface area contributed by atoms with Crippen LogP contribution in [0.4, 0.5) is 0 Å². The van der Waals surface area contributed by atoms with Crippen molar-refractivity contribution in [3.05, 3.63) is 0 Å². The molecule has 2 heterocycles. The largest absolute Gasteiger partial charge is 0.297 e. The Hall–Kier alpha value is -0.0400. The second-order valence-corrected chi connectivity index (χ2v) is 6.38. The zero-order valence-corrected chi connectivity index (χ0v) is 10.3. The molecule has 0 aromatic carbocycles. The Labute approximate surface area is 94.2 Å². The molecule has 3 fully saturated rings. The Morgan fingerprint density at radius 3 is 2.67 bits per heavy atom. The summed E-state index contributed by atoms with van der Waals surface area (Å²) in [4.78, 5) is 2.87. The molecule has 0 aromatic rings. The van der Waals surface area contributed by atoms with E-state index in [4.69, 9.17) is 0 Å². The highest BCUT2D eigenvalue weighted by molar-refractivity contribution is 5.02. The van der Waals surface area contributed by atoms with Crippen molar-refractivity contribution < 1.29 is 0 Å². The summed E-state index contributed by atoms with van der Waals surface area (Å²) >= 11 is 0. The minimum atomic E-state index is 0.785. The van der Waals surface area contributed by atoms with Crippen molar-refractivity contribution in [3.63, 3.8) is 0 Å². The first-order valence-corrected chi connectivity index (χ1v) is 7.00. The molecule has 3 aliphatic rings. The lowest BCUT2D eigenvalue weighted by Gasteiger charge is -2.52. The molecule has 1 spiro atoms. The molecule has 1 heteroatoms. The van der Waals surface area contributed by atoms with Gasteiger partial charge in [-0.1, -0.05) is 19.8 Å². The van der Waals surface area contributed by atoms with E-state index in [-0.39, 0.29) is 0 Å². The van der Waals surface area contributed by atoms with E-state index in [1.165, 1.54) is 51.5 Å². The van der Waals surface area contributed by atoms with Crippen molar-refractivity contribution in [1.29, 1.82) is 0 Å². The summed E-state index contributed by atoms with van der Waals surface area (Å²) in [6.07, 6.45) is 10.5. The Balaban J connectivity index is 1.74. The normalized spacial score (nSPS) is 44.0. The van der Waals surface area contributed by atoms with Gasteiger partial charge in [-0.25, -0.2) is 0 Å². The van der Waals surface area contributed by atoms with Gasteiger partial charge in [-0.2, -0.15) is 0 Å². The van der Waals surface area contributed by atoms with E-state index < -0.39 is 0 Å². The van der Waals surface area contributed by atoms with Crippen LogP contribution in [0, 0.1) is 11.3 Å². The van der Waals surface area contributed by atoms with E-state index in [9.17, 15) is 0 Å². The van der Waals surface area contributed by atoms with Gasteiger partial charge in [0.05, 0.1) is 0 Å². The van der Waals surface area contributed by atoms with Gasteiger partial charge in [0.15, 0.2) is 0 Å². The summed E-state index contributed by atoms with van der Waals surface area (Å²) in [7, 11) is 0. The Morgan fingerprint density at radius 2 is 2.07 bits per heavy atom. The van der Waals surface area contributed by atoms with Gasteiger partial charge in [0.2, 0.25) is 0 Å². The molecule has 1 aliphatic carbocycles. The van der Waals surface area contributed by atoms with Gasteiger partial charge in [0.1, 0.15) is 0 Å². The first kappa shape index (κ1) is 10.1. The van der Waals surface area contributed by atoms with Crippen LogP contribution >= 0.6 is 0 Å². The lowest BCUT2D eigenvalue weighted by Crippen LogP contribution is -2.52. The Kier molecular flexibility index (Phi) is 2.35. The SMILES string of the molecule is CCC1CC(C)N2CC3(CCC3)CCC12. The van der Waals surface area contributed by atoms with Crippen LogP contribution < -0.4 is 0 Å². The standard InChI is InChI=1S/C14H25N/c1-3-12-9-11(2)15-10-14(6-4-7-14)8-5-13(12)15/h11-13H,3-10H2,1-2H3. The Bertz CT molecular complexity index is 244. The van der Waals surface area contributed by atoms with Gasteiger partial charge in [0, 0.05) is 18.6 Å². The number of rotatable bonds is 1. The number of nitrogens with zero attached hydrogens (tertiary/aromatic N) is 1. The van der Waals surface area contributed by atoms with Gasteiger partial charge >= 0.3 is 0 Å². The van der Waals surface area contributed by atoms with E-state index in [1.807, 2.05) is 0 Å². The molecule has 0 bridgehead atoms. The second kappa shape index (κ2) is 3.48. The van der Waals surface area contributed by atoms with Crippen molar-refractivity contribution in [1.82, 2.24) is 4.90 Å². The van der Waals surface area contributed by atoms with E-state index in [0.29, 0.717) is 0 Å². The molecule has 1 saturated carbocycles. The molecule has 0 amide bonds. The van der Waals surface area contributed by atoms with Crippen molar-refractivity contribution >= 4 is 0 Å². The predicted molar refractivity (Wildman–Crippen MR) is 63.9 cm³/mol. The maximum absolute atomic E-state index is 2.87. The number of piperidine rings is 1. The molecule has 0 aromatic heterocycles. The average Bonchev–Trinajstić information content (AvgIpc) is 2.53. The van der Waals surface area contributed by atoms with Crippen LogP contribution in [0.2, 0.25) is 0 Å². The summed E-state index contributed by atoms with van der Waals surface area (Å²) in [6.45, 7) is 6.28. The minimum Gasteiger partial charge on any atom is -0.297 e. The fourth-order valence-corrected chi connectivity index (χ4v) is 4.45. The topological polar surface area (TPSA) is 3.24 Å². The molecular weight excluding hydrogens is 182 g/mol. The molecule has 1 nitrogen and oxygen atoms in total. The zero-order valence-electron chi connectivity index (χ0n) is 10.3. The molecular formula is C14H25N. The number of hydrogen-bond acceptors (Lipinski definition) is 1. The summed E-state index contributed by atoms with van der Waals surface area (Å²) < 4.78 is 0. The Morgan fingerprint density at radius 1 is 1.27 bits per heavy atom. The van der Waals surface area contributed by atoms with E-state index in [1.54, 1.807) is 0 Å². The molecule has 0 radical (unpaired) electrons. The predicted octanol–water partition coefficient (Wildman–Crippen LogP) is 3.44. The average molecular weight is 207 g/mol. The molecule has 86 valence electrons. The molecule has 2 aliphatic heterocycles. The second-order valence-electron chi connectivity index (χ2n) is 6.38. The highest BCUT2D eigenvalue weighted by atomic mass is 15.2. The smallest absolute Gasteiger partial charge is 0.0127 e. The highest BCUT2D eigenvalue weighted by Crippen LogP contribution is 2.52. The summed E-state index contributed by atoms with van der Waals surface area (Å²) in [5.41, 5.74) is 0.785. The first-order chi connectivity index (χ1) is 7.24. The van der Waals surface area contributed by atoms with Crippen LogP contribution in [0.25, 0.3) is 0 Å². The van der Waals surface area contributed by atoms with Crippen molar-refractivity contribution in [3.8, 4) is 0 Å². The maximum Gasteiger partial charge on any atom is 0.0127 e. The molecule has 3 unspecified atom stereocenters. The third kappa shape index (κ3) is 1.46. The van der Waals surface area contributed by atoms with Gasteiger partial charge in [-0.05, 0) is 50.4 Å². The molecule has 3 rings (SSSR count). The summed E-state index contributed by atoms with van der Waals surface area (Å²) in [5.74, 6) is 1.01. The van der Waals surface area contributed by atoms with Gasteiger partial charge in [-0.3, -0.25) is 4.90 Å². The molecule has 2 saturated heterocycles. The van der Waals surface area contributed by atoms with E-state index in [0.717, 1.165) is 23.4 Å². The van der Waals surface area contributed by atoms with Crippen LogP contribution in [0.1, 0.15) is 58.8 Å². The van der Waals surface area contributed by atoms with Crippen LogP contribution in [0.5, 0.6) is 0 Å². The highest BCUT2D eigenvalue weighted by Gasteiger charge is 2.49. The third-order valence-electron chi connectivity index (χ3n) is 5.61. The van der Waals surface area contributed by atoms with Crippen LogP contribution in [0.15, 0.2) is 0 Å². The van der Waals surface area contributed by atoms with Gasteiger partial charge < -0.3 is 0 Å². The summed E-state index contributed by atoms with van der Waals surface area (Å²) in [6, 6.07) is 1.83.